The molecule has 0 aliphatic carbocycles. The predicted molar refractivity (Wildman–Crippen MR) is 70.9 cm³/mol. The summed E-state index contributed by atoms with van der Waals surface area (Å²) in [7, 11) is 0. The molecule has 0 saturated carbocycles. The molecule has 0 unspecified atom stereocenters. The highest BCUT2D eigenvalue weighted by Gasteiger charge is 1.96. The largest absolute Gasteiger partial charge is 0.399 e. The van der Waals surface area contributed by atoms with Crippen molar-refractivity contribution in [2.75, 3.05) is 5.73 Å². The van der Waals surface area contributed by atoms with Crippen LogP contribution in [-0.4, -0.2) is 0 Å². The third-order valence-corrected chi connectivity index (χ3v) is 2.52. The second-order valence-corrected chi connectivity index (χ2v) is 4.08. The van der Waals surface area contributed by atoms with Crippen LogP contribution < -0.4 is 5.73 Å². The van der Waals surface area contributed by atoms with Crippen molar-refractivity contribution in [2.24, 2.45) is 10.2 Å². The Labute approximate surface area is 101 Å². The summed E-state index contributed by atoms with van der Waals surface area (Å²) >= 11 is 0. The first-order valence-electron chi connectivity index (χ1n) is 5.50. The number of nitrogen functional groups attached to an aromatic ring is 1. The van der Waals surface area contributed by atoms with Crippen LogP contribution in [0.25, 0.3) is 0 Å². The zero-order valence-electron chi connectivity index (χ0n) is 10.0. The quantitative estimate of drug-likeness (QED) is 0.601. The molecule has 0 bridgehead atoms. The van der Waals surface area contributed by atoms with Crippen LogP contribution in [0.4, 0.5) is 17.1 Å². The molecule has 0 aliphatic heterocycles. The summed E-state index contributed by atoms with van der Waals surface area (Å²) in [4.78, 5) is 0. The zero-order chi connectivity index (χ0) is 12.3. The second kappa shape index (κ2) is 4.78. The summed E-state index contributed by atoms with van der Waals surface area (Å²) in [6.45, 7) is 4.10. The average Bonchev–Trinajstić information content (AvgIpc) is 2.30. The molecule has 0 fully saturated rings. The Morgan fingerprint density at radius 2 is 1.59 bits per heavy atom. The normalized spacial score (nSPS) is 10.9. The van der Waals surface area contributed by atoms with E-state index < -0.39 is 0 Å². The van der Waals surface area contributed by atoms with E-state index in [9.17, 15) is 0 Å². The Hall–Kier alpha value is -2.16. The molecule has 86 valence electrons. The highest BCUT2D eigenvalue weighted by molar-refractivity contribution is 5.49. The van der Waals surface area contributed by atoms with Crippen LogP contribution in [0.1, 0.15) is 11.1 Å². The number of anilines is 1. The number of hydrogen-bond acceptors (Lipinski definition) is 3. The van der Waals surface area contributed by atoms with Crippen molar-refractivity contribution in [1.82, 2.24) is 0 Å². The van der Waals surface area contributed by atoms with E-state index in [1.807, 2.05) is 43.3 Å². The predicted octanol–water partition coefficient (Wildman–Crippen LogP) is 4.30. The first kappa shape index (κ1) is 11.3. The zero-order valence-corrected chi connectivity index (χ0v) is 10.0. The third-order valence-electron chi connectivity index (χ3n) is 2.52. The van der Waals surface area contributed by atoms with E-state index >= 15 is 0 Å². The van der Waals surface area contributed by atoms with Gasteiger partial charge in [-0.15, -0.1) is 0 Å². The molecule has 17 heavy (non-hydrogen) atoms. The number of hydrogen-bond donors (Lipinski definition) is 1. The topological polar surface area (TPSA) is 50.7 Å². The molecular weight excluding hydrogens is 210 g/mol. The standard InChI is InChI=1S/C14H15N3/c1-10-3-8-14(11(2)9-10)17-16-13-6-4-12(15)5-7-13/h3-9H,15H2,1-2H3/b17-16+. The van der Waals surface area contributed by atoms with Crippen LogP contribution in [0.15, 0.2) is 52.7 Å². The Balaban J connectivity index is 2.23. The monoisotopic (exact) mass is 225 g/mol. The number of benzene rings is 2. The molecule has 0 aliphatic rings. The molecule has 2 aromatic rings. The van der Waals surface area contributed by atoms with Gasteiger partial charge in [-0.1, -0.05) is 17.7 Å². The molecule has 3 nitrogen and oxygen atoms in total. The molecule has 0 saturated heterocycles. The third kappa shape index (κ3) is 2.91. The fourth-order valence-corrected chi connectivity index (χ4v) is 1.57. The highest BCUT2D eigenvalue weighted by Crippen LogP contribution is 2.23. The summed E-state index contributed by atoms with van der Waals surface area (Å²) < 4.78 is 0. The lowest BCUT2D eigenvalue weighted by atomic mass is 10.1. The SMILES string of the molecule is Cc1ccc(/N=N/c2ccc(N)cc2)c(C)c1. The van der Waals surface area contributed by atoms with Crippen molar-refractivity contribution >= 4 is 17.1 Å². The van der Waals surface area contributed by atoms with Gasteiger partial charge >= 0.3 is 0 Å². The smallest absolute Gasteiger partial charge is 0.0886 e. The van der Waals surface area contributed by atoms with Crippen LogP contribution in [0.5, 0.6) is 0 Å². The first-order valence-corrected chi connectivity index (χ1v) is 5.50. The average molecular weight is 225 g/mol. The van der Waals surface area contributed by atoms with Gasteiger partial charge in [-0.2, -0.15) is 10.2 Å². The van der Waals surface area contributed by atoms with E-state index in [0.717, 1.165) is 22.6 Å². The lowest BCUT2D eigenvalue weighted by molar-refractivity contribution is 1.20. The van der Waals surface area contributed by atoms with E-state index in [2.05, 4.69) is 23.2 Å². The van der Waals surface area contributed by atoms with Crippen molar-refractivity contribution < 1.29 is 0 Å². The van der Waals surface area contributed by atoms with Crippen molar-refractivity contribution in [3.05, 3.63) is 53.6 Å². The van der Waals surface area contributed by atoms with Gasteiger partial charge in [-0.05, 0) is 49.7 Å². The second-order valence-electron chi connectivity index (χ2n) is 4.08. The van der Waals surface area contributed by atoms with Gasteiger partial charge in [-0.3, -0.25) is 0 Å². The molecule has 0 radical (unpaired) electrons. The lowest BCUT2D eigenvalue weighted by Crippen LogP contribution is -1.80. The summed E-state index contributed by atoms with van der Waals surface area (Å²) in [5.41, 5.74) is 10.4. The van der Waals surface area contributed by atoms with Gasteiger partial charge in [0.25, 0.3) is 0 Å². The van der Waals surface area contributed by atoms with E-state index in [0.29, 0.717) is 0 Å². The fraction of sp³-hybridized carbons (Fsp3) is 0.143. The van der Waals surface area contributed by atoms with Crippen molar-refractivity contribution in [1.29, 1.82) is 0 Å². The van der Waals surface area contributed by atoms with Crippen molar-refractivity contribution in [2.45, 2.75) is 13.8 Å². The Bertz CT molecular complexity index is 542. The Kier molecular flexibility index (Phi) is 3.19. The summed E-state index contributed by atoms with van der Waals surface area (Å²) in [5.74, 6) is 0. The number of aryl methyl sites for hydroxylation is 2. The molecule has 0 spiro atoms. The van der Waals surface area contributed by atoms with Crippen molar-refractivity contribution in [3.8, 4) is 0 Å². The summed E-state index contributed by atoms with van der Waals surface area (Å²) in [5, 5.41) is 8.41. The number of nitrogens with two attached hydrogens (primary N) is 1. The minimum absolute atomic E-state index is 0.732. The van der Waals surface area contributed by atoms with Gasteiger partial charge in [0, 0.05) is 5.69 Å². The van der Waals surface area contributed by atoms with E-state index in [1.165, 1.54) is 5.56 Å². The van der Waals surface area contributed by atoms with Gasteiger partial charge in [0.2, 0.25) is 0 Å². The molecule has 0 amide bonds. The molecule has 2 rings (SSSR count). The molecule has 0 heterocycles. The molecule has 2 aromatic carbocycles. The number of nitrogens with zero attached hydrogens (tertiary/aromatic N) is 2. The maximum absolute atomic E-state index is 5.60. The molecular formula is C14H15N3. The van der Waals surface area contributed by atoms with Gasteiger partial charge in [-0.25, -0.2) is 0 Å². The van der Waals surface area contributed by atoms with Crippen LogP contribution in [0, 0.1) is 13.8 Å². The fourth-order valence-electron chi connectivity index (χ4n) is 1.57. The highest BCUT2D eigenvalue weighted by atomic mass is 15.1. The van der Waals surface area contributed by atoms with Crippen LogP contribution in [0.3, 0.4) is 0 Å². The first-order chi connectivity index (χ1) is 8.15. The van der Waals surface area contributed by atoms with E-state index in [-0.39, 0.29) is 0 Å². The summed E-state index contributed by atoms with van der Waals surface area (Å²) in [6, 6.07) is 13.4. The maximum atomic E-state index is 5.60. The minimum Gasteiger partial charge on any atom is -0.399 e. The molecule has 2 N–H and O–H groups in total. The van der Waals surface area contributed by atoms with Crippen LogP contribution in [-0.2, 0) is 0 Å². The van der Waals surface area contributed by atoms with Crippen molar-refractivity contribution in [3.63, 3.8) is 0 Å². The minimum atomic E-state index is 0.732. The molecule has 3 heteroatoms. The molecule has 0 aromatic heterocycles. The van der Waals surface area contributed by atoms with E-state index in [1.54, 1.807) is 0 Å². The van der Waals surface area contributed by atoms with Gasteiger partial charge < -0.3 is 5.73 Å². The number of azo groups is 1. The maximum Gasteiger partial charge on any atom is 0.0886 e. The van der Waals surface area contributed by atoms with Crippen LogP contribution in [0.2, 0.25) is 0 Å². The van der Waals surface area contributed by atoms with Gasteiger partial charge in [0.1, 0.15) is 0 Å². The lowest BCUT2D eigenvalue weighted by Gasteiger charge is -2.00. The Morgan fingerprint density at radius 1 is 0.882 bits per heavy atom. The van der Waals surface area contributed by atoms with Crippen LogP contribution >= 0.6 is 0 Å². The molecule has 0 atom stereocenters. The van der Waals surface area contributed by atoms with E-state index in [4.69, 9.17) is 5.73 Å². The van der Waals surface area contributed by atoms with Gasteiger partial charge in [0.15, 0.2) is 0 Å². The van der Waals surface area contributed by atoms with Gasteiger partial charge in [0.05, 0.1) is 11.4 Å². The summed E-state index contributed by atoms with van der Waals surface area (Å²) in [6.07, 6.45) is 0. The number of rotatable bonds is 2. The Morgan fingerprint density at radius 3 is 2.24 bits per heavy atom.